The molecule has 3 aromatic rings. The van der Waals surface area contributed by atoms with Gasteiger partial charge in [-0.15, -0.1) is 0 Å². The summed E-state index contributed by atoms with van der Waals surface area (Å²) in [7, 11) is 0. The molecule has 0 aliphatic heterocycles. The number of carbonyl (C=O) groups is 1. The first-order chi connectivity index (χ1) is 12.5. The summed E-state index contributed by atoms with van der Waals surface area (Å²) in [5, 5.41) is 19.7. The van der Waals surface area contributed by atoms with Gasteiger partial charge in [0, 0.05) is 5.69 Å². The van der Waals surface area contributed by atoms with Crippen molar-refractivity contribution >= 4 is 22.7 Å². The Bertz CT molecular complexity index is 986. The normalized spacial score (nSPS) is 11.9. The number of imidazole rings is 1. The van der Waals surface area contributed by atoms with Gasteiger partial charge in [0.1, 0.15) is 18.5 Å². The van der Waals surface area contributed by atoms with Gasteiger partial charge in [0.15, 0.2) is 0 Å². The largest absolute Gasteiger partial charge is 0.465 e. The van der Waals surface area contributed by atoms with Crippen LogP contribution in [0.15, 0.2) is 42.5 Å². The van der Waals surface area contributed by atoms with Crippen LogP contribution in [-0.4, -0.2) is 27.2 Å². The van der Waals surface area contributed by atoms with Crippen LogP contribution in [0, 0.1) is 11.3 Å². The van der Waals surface area contributed by atoms with Gasteiger partial charge in [0.25, 0.3) is 0 Å². The number of carbonyl (C=O) groups excluding carboxylic acids is 1. The van der Waals surface area contributed by atoms with E-state index in [-0.39, 0.29) is 13.2 Å². The minimum absolute atomic E-state index is 0.0725. The second-order valence-electron chi connectivity index (χ2n) is 5.75. The molecule has 1 aromatic heterocycles. The summed E-state index contributed by atoms with van der Waals surface area (Å²) < 4.78 is 6.65. The van der Waals surface area contributed by atoms with E-state index in [2.05, 4.69) is 4.98 Å². The first-order valence-electron chi connectivity index (χ1n) is 8.13. The van der Waals surface area contributed by atoms with Crippen LogP contribution < -0.4 is 5.73 Å². The van der Waals surface area contributed by atoms with Crippen molar-refractivity contribution in [2.24, 2.45) is 0 Å². The fraction of sp³-hybridized carbons (Fsp3) is 0.211. The van der Waals surface area contributed by atoms with Gasteiger partial charge in [-0.1, -0.05) is 12.1 Å². The Labute approximate surface area is 150 Å². The lowest BCUT2D eigenvalue weighted by Crippen LogP contribution is -2.17. The van der Waals surface area contributed by atoms with Crippen molar-refractivity contribution in [2.75, 3.05) is 12.3 Å². The quantitative estimate of drug-likeness (QED) is 0.538. The first-order valence-corrected chi connectivity index (χ1v) is 8.13. The SMILES string of the molecule is CCOC(=O)Cn1c(C(O)c2ccc(C#N)cc2)nc2cc(N)ccc21. The van der Waals surface area contributed by atoms with E-state index < -0.39 is 12.1 Å². The number of aliphatic hydroxyl groups excluding tert-OH is 1. The highest BCUT2D eigenvalue weighted by Gasteiger charge is 2.22. The van der Waals surface area contributed by atoms with Gasteiger partial charge in [-0.2, -0.15) is 5.26 Å². The van der Waals surface area contributed by atoms with E-state index in [0.29, 0.717) is 33.7 Å². The molecule has 26 heavy (non-hydrogen) atoms. The zero-order chi connectivity index (χ0) is 18.7. The summed E-state index contributed by atoms with van der Waals surface area (Å²) in [5.41, 5.74) is 8.67. The molecule has 0 spiro atoms. The number of nitrogen functional groups attached to an aromatic ring is 1. The van der Waals surface area contributed by atoms with Crippen LogP contribution in [0.25, 0.3) is 11.0 Å². The molecule has 0 radical (unpaired) electrons. The molecule has 1 unspecified atom stereocenters. The summed E-state index contributed by atoms with van der Waals surface area (Å²) in [6.07, 6.45) is -1.06. The Balaban J connectivity index is 2.07. The van der Waals surface area contributed by atoms with Crippen LogP contribution in [0.1, 0.15) is 30.0 Å². The van der Waals surface area contributed by atoms with Crippen molar-refractivity contribution in [3.05, 3.63) is 59.4 Å². The van der Waals surface area contributed by atoms with Crippen LogP contribution in [0.5, 0.6) is 0 Å². The highest BCUT2D eigenvalue weighted by molar-refractivity contribution is 5.82. The van der Waals surface area contributed by atoms with Crippen LogP contribution >= 0.6 is 0 Å². The minimum atomic E-state index is -1.06. The summed E-state index contributed by atoms with van der Waals surface area (Å²) in [6, 6.07) is 13.7. The lowest BCUT2D eigenvalue weighted by molar-refractivity contribution is -0.143. The second kappa shape index (κ2) is 7.25. The van der Waals surface area contributed by atoms with Gasteiger partial charge >= 0.3 is 5.97 Å². The number of hydrogen-bond acceptors (Lipinski definition) is 6. The fourth-order valence-corrected chi connectivity index (χ4v) is 2.77. The highest BCUT2D eigenvalue weighted by atomic mass is 16.5. The molecule has 0 amide bonds. The standard InChI is InChI=1S/C19H18N4O3/c1-2-26-17(24)11-23-16-8-7-14(21)9-15(16)22-19(23)18(25)13-5-3-12(10-20)4-6-13/h3-9,18,25H,2,11,21H2,1H3. The lowest BCUT2D eigenvalue weighted by Gasteiger charge is -2.14. The molecule has 1 heterocycles. The maximum atomic E-state index is 12.0. The van der Waals surface area contributed by atoms with Crippen LogP contribution in [0.2, 0.25) is 0 Å². The van der Waals surface area contributed by atoms with Gasteiger partial charge in [-0.05, 0) is 42.8 Å². The van der Waals surface area contributed by atoms with E-state index in [4.69, 9.17) is 15.7 Å². The van der Waals surface area contributed by atoms with Gasteiger partial charge < -0.3 is 20.1 Å². The van der Waals surface area contributed by atoms with E-state index in [0.717, 1.165) is 0 Å². The zero-order valence-corrected chi connectivity index (χ0v) is 14.2. The predicted octanol–water partition coefficient (Wildman–Crippen LogP) is 2.13. The molecule has 3 N–H and O–H groups in total. The number of aromatic nitrogens is 2. The van der Waals surface area contributed by atoms with Crippen LogP contribution in [-0.2, 0) is 16.1 Å². The maximum Gasteiger partial charge on any atom is 0.326 e. The monoisotopic (exact) mass is 350 g/mol. The molecule has 0 saturated carbocycles. The fourth-order valence-electron chi connectivity index (χ4n) is 2.77. The number of nitrogens with zero attached hydrogens (tertiary/aromatic N) is 3. The molecule has 7 heteroatoms. The Morgan fingerprint density at radius 2 is 2.08 bits per heavy atom. The van der Waals surface area contributed by atoms with E-state index in [1.807, 2.05) is 6.07 Å². The molecule has 0 bridgehead atoms. The predicted molar refractivity (Wildman–Crippen MR) is 96.0 cm³/mol. The molecular formula is C19H18N4O3. The van der Waals surface area contributed by atoms with Crippen molar-refractivity contribution in [1.29, 1.82) is 5.26 Å². The third kappa shape index (κ3) is 3.36. The van der Waals surface area contributed by atoms with Gasteiger partial charge in [-0.25, -0.2) is 4.98 Å². The van der Waals surface area contributed by atoms with Crippen molar-refractivity contribution < 1.29 is 14.6 Å². The van der Waals surface area contributed by atoms with Gasteiger partial charge in [0.05, 0.1) is 29.3 Å². The first kappa shape index (κ1) is 17.5. The van der Waals surface area contributed by atoms with E-state index in [1.54, 1.807) is 54.0 Å². The van der Waals surface area contributed by atoms with E-state index >= 15 is 0 Å². The molecule has 0 aliphatic carbocycles. The number of hydrogen-bond donors (Lipinski definition) is 2. The third-order valence-electron chi connectivity index (χ3n) is 3.99. The molecule has 132 valence electrons. The minimum Gasteiger partial charge on any atom is -0.465 e. The molecule has 0 aliphatic rings. The Kier molecular flexibility index (Phi) is 4.87. The van der Waals surface area contributed by atoms with Crippen molar-refractivity contribution in [3.8, 4) is 6.07 Å². The smallest absolute Gasteiger partial charge is 0.326 e. The van der Waals surface area contributed by atoms with E-state index in [1.165, 1.54) is 0 Å². The summed E-state index contributed by atoms with van der Waals surface area (Å²) in [4.78, 5) is 16.5. The van der Waals surface area contributed by atoms with Gasteiger partial charge in [-0.3, -0.25) is 4.79 Å². The topological polar surface area (TPSA) is 114 Å². The molecule has 1 atom stereocenters. The van der Waals surface area contributed by atoms with Crippen molar-refractivity contribution in [1.82, 2.24) is 9.55 Å². The molecule has 0 fully saturated rings. The van der Waals surface area contributed by atoms with E-state index in [9.17, 15) is 9.90 Å². The molecule has 2 aromatic carbocycles. The highest BCUT2D eigenvalue weighted by Crippen LogP contribution is 2.27. The van der Waals surface area contributed by atoms with Crippen molar-refractivity contribution in [2.45, 2.75) is 19.6 Å². The number of ether oxygens (including phenoxy) is 1. The number of esters is 1. The maximum absolute atomic E-state index is 12.0. The van der Waals surface area contributed by atoms with Crippen LogP contribution in [0.4, 0.5) is 5.69 Å². The van der Waals surface area contributed by atoms with Gasteiger partial charge in [0.2, 0.25) is 0 Å². The number of rotatable bonds is 5. The average molecular weight is 350 g/mol. The van der Waals surface area contributed by atoms with Crippen LogP contribution in [0.3, 0.4) is 0 Å². The summed E-state index contributed by atoms with van der Waals surface area (Å²) >= 11 is 0. The number of nitrogens with two attached hydrogens (primary N) is 1. The number of aliphatic hydroxyl groups is 1. The Morgan fingerprint density at radius 3 is 2.73 bits per heavy atom. The third-order valence-corrected chi connectivity index (χ3v) is 3.99. The Hall–Kier alpha value is -3.37. The second-order valence-corrected chi connectivity index (χ2v) is 5.75. The number of nitriles is 1. The Morgan fingerprint density at radius 1 is 1.35 bits per heavy atom. The summed E-state index contributed by atoms with van der Waals surface area (Å²) in [5.74, 6) is -0.111. The molecular weight excluding hydrogens is 332 g/mol. The number of fused-ring (bicyclic) bond motifs is 1. The molecule has 0 saturated heterocycles. The summed E-state index contributed by atoms with van der Waals surface area (Å²) in [6.45, 7) is 1.93. The number of anilines is 1. The number of benzene rings is 2. The lowest BCUT2D eigenvalue weighted by atomic mass is 10.1. The molecule has 7 nitrogen and oxygen atoms in total. The average Bonchev–Trinajstić information content (AvgIpc) is 2.98. The molecule has 3 rings (SSSR count). The van der Waals surface area contributed by atoms with Crippen molar-refractivity contribution in [3.63, 3.8) is 0 Å². The zero-order valence-electron chi connectivity index (χ0n) is 14.2.